The molecule has 2 aromatic carbocycles. The van der Waals surface area contributed by atoms with E-state index in [0.717, 1.165) is 11.1 Å². The van der Waals surface area contributed by atoms with Gasteiger partial charge in [-0.15, -0.1) is 0 Å². The Bertz CT molecular complexity index is 768. The van der Waals surface area contributed by atoms with Crippen LogP contribution in [0.4, 0.5) is 0 Å². The van der Waals surface area contributed by atoms with E-state index in [0.29, 0.717) is 12.3 Å². The minimum Gasteiger partial charge on any atom is -0.495 e. The molecule has 0 aromatic heterocycles. The molecule has 0 saturated carbocycles. The van der Waals surface area contributed by atoms with Crippen molar-refractivity contribution in [3.05, 3.63) is 59.7 Å². The Hall–Kier alpha value is -1.85. The molecule has 0 unspecified atom stereocenters. The van der Waals surface area contributed by atoms with Gasteiger partial charge in [-0.1, -0.05) is 50.2 Å². The number of sulfonamides is 1. The Morgan fingerprint density at radius 3 is 2.35 bits per heavy atom. The topological polar surface area (TPSA) is 55.4 Å². The van der Waals surface area contributed by atoms with Crippen LogP contribution >= 0.6 is 0 Å². The Kier molecular flexibility index (Phi) is 5.12. The molecule has 0 bridgehead atoms. The molecule has 2 rings (SSSR count). The summed E-state index contributed by atoms with van der Waals surface area (Å²) in [5.41, 5.74) is 1.64. The molecular formula is C18H23NO3S. The van der Waals surface area contributed by atoms with E-state index < -0.39 is 10.0 Å². The van der Waals surface area contributed by atoms with Crippen molar-refractivity contribution in [2.75, 3.05) is 13.7 Å². The summed E-state index contributed by atoms with van der Waals surface area (Å²) in [6.07, 6.45) is 0. The first kappa shape index (κ1) is 17.5. The minimum atomic E-state index is -3.64. The Morgan fingerprint density at radius 1 is 1.09 bits per heavy atom. The number of benzene rings is 2. The number of methoxy groups -OCH3 is 1. The molecule has 1 N–H and O–H groups in total. The summed E-state index contributed by atoms with van der Waals surface area (Å²) in [6.45, 7) is 6.18. The second-order valence-corrected chi connectivity index (χ2v) is 7.96. The van der Waals surface area contributed by atoms with Crippen LogP contribution in [0.5, 0.6) is 5.75 Å². The van der Waals surface area contributed by atoms with Crippen LogP contribution in [0, 0.1) is 6.92 Å². The van der Waals surface area contributed by atoms with Crippen molar-refractivity contribution < 1.29 is 13.2 Å². The van der Waals surface area contributed by atoms with Gasteiger partial charge in [-0.25, -0.2) is 13.1 Å². The third-order valence-electron chi connectivity index (χ3n) is 3.87. The Labute approximate surface area is 138 Å². The molecule has 0 aliphatic rings. The lowest BCUT2D eigenvalue weighted by Gasteiger charge is -2.25. The van der Waals surface area contributed by atoms with Crippen LogP contribution in [0.15, 0.2) is 53.4 Å². The second-order valence-electron chi connectivity index (χ2n) is 6.23. The predicted molar refractivity (Wildman–Crippen MR) is 92.4 cm³/mol. The van der Waals surface area contributed by atoms with E-state index in [9.17, 15) is 8.42 Å². The number of hydrogen-bond acceptors (Lipinski definition) is 3. The van der Waals surface area contributed by atoms with Crippen LogP contribution in [0.1, 0.15) is 25.0 Å². The lowest BCUT2D eigenvalue weighted by molar-refractivity contribution is 0.401. The van der Waals surface area contributed by atoms with E-state index in [1.807, 2.05) is 57.2 Å². The predicted octanol–water partition coefficient (Wildman–Crippen LogP) is 3.26. The van der Waals surface area contributed by atoms with E-state index in [4.69, 9.17) is 4.74 Å². The summed E-state index contributed by atoms with van der Waals surface area (Å²) < 4.78 is 33.2. The van der Waals surface area contributed by atoms with Gasteiger partial charge in [-0.2, -0.15) is 0 Å². The summed E-state index contributed by atoms with van der Waals surface area (Å²) in [6, 6.07) is 15.0. The third kappa shape index (κ3) is 4.12. The van der Waals surface area contributed by atoms with Gasteiger partial charge in [0.2, 0.25) is 10.0 Å². The number of hydrogen-bond donors (Lipinski definition) is 1. The van der Waals surface area contributed by atoms with Crippen LogP contribution in [0.3, 0.4) is 0 Å². The molecule has 23 heavy (non-hydrogen) atoms. The van der Waals surface area contributed by atoms with E-state index in [1.54, 1.807) is 12.1 Å². The highest BCUT2D eigenvalue weighted by Gasteiger charge is 2.26. The first-order valence-corrected chi connectivity index (χ1v) is 8.94. The van der Waals surface area contributed by atoms with Crippen molar-refractivity contribution in [2.45, 2.75) is 31.1 Å². The lowest BCUT2D eigenvalue weighted by atomic mass is 9.85. The fraction of sp³-hybridized carbons (Fsp3) is 0.333. The highest BCUT2D eigenvalue weighted by atomic mass is 32.2. The Balaban J connectivity index is 2.24. The molecule has 0 spiro atoms. The number of ether oxygens (including phenoxy) is 1. The quantitative estimate of drug-likeness (QED) is 0.883. The van der Waals surface area contributed by atoms with Crippen LogP contribution < -0.4 is 9.46 Å². The largest absolute Gasteiger partial charge is 0.495 e. The third-order valence-corrected chi connectivity index (χ3v) is 5.29. The zero-order valence-corrected chi connectivity index (χ0v) is 14.8. The molecule has 124 valence electrons. The molecule has 0 amide bonds. The van der Waals surface area contributed by atoms with Crippen molar-refractivity contribution >= 4 is 10.0 Å². The second kappa shape index (κ2) is 6.72. The average molecular weight is 333 g/mol. The smallest absolute Gasteiger partial charge is 0.244 e. The maximum atomic E-state index is 12.7. The van der Waals surface area contributed by atoms with Gasteiger partial charge < -0.3 is 4.74 Å². The van der Waals surface area contributed by atoms with Gasteiger partial charge in [0.1, 0.15) is 10.6 Å². The van der Waals surface area contributed by atoms with Gasteiger partial charge >= 0.3 is 0 Å². The summed E-state index contributed by atoms with van der Waals surface area (Å²) >= 11 is 0. The van der Waals surface area contributed by atoms with Gasteiger partial charge in [0.05, 0.1) is 7.11 Å². The summed E-state index contributed by atoms with van der Waals surface area (Å²) in [5, 5.41) is 0. The molecule has 0 aliphatic heterocycles. The monoisotopic (exact) mass is 333 g/mol. The summed E-state index contributed by atoms with van der Waals surface area (Å²) in [4.78, 5) is 0.170. The Morgan fingerprint density at radius 2 is 1.74 bits per heavy atom. The molecule has 0 aliphatic carbocycles. The van der Waals surface area contributed by atoms with Gasteiger partial charge in [0, 0.05) is 12.0 Å². The maximum Gasteiger partial charge on any atom is 0.244 e. The first-order valence-electron chi connectivity index (χ1n) is 7.46. The molecule has 0 heterocycles. The number of nitrogens with one attached hydrogen (secondary N) is 1. The lowest BCUT2D eigenvalue weighted by Crippen LogP contribution is -2.36. The summed E-state index contributed by atoms with van der Waals surface area (Å²) in [7, 11) is -2.17. The molecule has 0 radical (unpaired) electrons. The van der Waals surface area contributed by atoms with Crippen LogP contribution in [0.25, 0.3) is 0 Å². The van der Waals surface area contributed by atoms with Crippen molar-refractivity contribution in [3.63, 3.8) is 0 Å². The van der Waals surface area contributed by atoms with E-state index >= 15 is 0 Å². The van der Waals surface area contributed by atoms with Gasteiger partial charge in [-0.3, -0.25) is 0 Å². The van der Waals surface area contributed by atoms with Crippen LogP contribution in [0.2, 0.25) is 0 Å². The normalized spacial score (nSPS) is 12.2. The van der Waals surface area contributed by atoms with Crippen molar-refractivity contribution in [1.29, 1.82) is 0 Å². The average Bonchev–Trinajstić information content (AvgIpc) is 2.54. The van der Waals surface area contributed by atoms with Crippen molar-refractivity contribution in [2.24, 2.45) is 0 Å². The van der Waals surface area contributed by atoms with Gasteiger partial charge in [-0.05, 0) is 30.2 Å². The highest BCUT2D eigenvalue weighted by molar-refractivity contribution is 7.89. The summed E-state index contributed by atoms with van der Waals surface area (Å²) in [5.74, 6) is 0.348. The van der Waals surface area contributed by atoms with E-state index in [1.165, 1.54) is 7.11 Å². The fourth-order valence-electron chi connectivity index (χ4n) is 2.34. The maximum absolute atomic E-state index is 12.7. The minimum absolute atomic E-state index is 0.170. The molecular weight excluding hydrogens is 310 g/mol. The van der Waals surface area contributed by atoms with Crippen molar-refractivity contribution in [1.82, 2.24) is 4.72 Å². The van der Waals surface area contributed by atoms with Crippen LogP contribution in [-0.2, 0) is 15.4 Å². The standard InChI is InChI=1S/C18H23NO3S/c1-14-10-11-16(22-4)17(12-14)23(20,21)19-13-18(2,3)15-8-6-5-7-9-15/h5-12,19H,13H2,1-4H3. The highest BCUT2D eigenvalue weighted by Crippen LogP contribution is 2.26. The molecule has 0 saturated heterocycles. The SMILES string of the molecule is COc1ccc(C)cc1S(=O)(=O)NCC(C)(C)c1ccccc1. The molecule has 5 heteroatoms. The molecule has 0 atom stereocenters. The van der Waals surface area contributed by atoms with Gasteiger partial charge in [0.15, 0.2) is 0 Å². The number of rotatable bonds is 6. The van der Waals surface area contributed by atoms with Crippen LogP contribution in [-0.4, -0.2) is 22.1 Å². The fourth-order valence-corrected chi connectivity index (χ4v) is 3.80. The molecule has 4 nitrogen and oxygen atoms in total. The zero-order chi connectivity index (χ0) is 17.1. The van der Waals surface area contributed by atoms with Crippen molar-refractivity contribution in [3.8, 4) is 5.75 Å². The number of aryl methyl sites for hydroxylation is 1. The zero-order valence-electron chi connectivity index (χ0n) is 14.0. The van der Waals surface area contributed by atoms with E-state index in [2.05, 4.69) is 4.72 Å². The molecule has 0 fully saturated rings. The van der Waals surface area contributed by atoms with E-state index in [-0.39, 0.29) is 10.3 Å². The van der Waals surface area contributed by atoms with Gasteiger partial charge in [0.25, 0.3) is 0 Å². The first-order chi connectivity index (χ1) is 10.8. The molecule has 2 aromatic rings.